The molecule has 0 aliphatic heterocycles. The van der Waals surface area contributed by atoms with Crippen LogP contribution in [0.3, 0.4) is 0 Å². The molecular weight excluding hydrogens is 295 g/mol. The molecule has 0 saturated carbocycles. The van der Waals surface area contributed by atoms with Gasteiger partial charge in [0.1, 0.15) is 0 Å². The molecule has 3 nitrogen and oxygen atoms in total. The second-order valence-electron chi connectivity index (χ2n) is 4.22. The van der Waals surface area contributed by atoms with E-state index < -0.39 is 28.1 Å². The number of rotatable bonds is 1. The van der Waals surface area contributed by atoms with Crippen LogP contribution in [0.15, 0.2) is 35.3 Å². The van der Waals surface area contributed by atoms with Crippen molar-refractivity contribution < 1.29 is 18.3 Å². The number of aryl methyl sites for hydroxylation is 1. The molecule has 0 amide bonds. The highest BCUT2D eigenvalue weighted by Crippen LogP contribution is 2.37. The standard InChI is InChI=1S/C13H9ClF3NO2/c1-18-6-8(5-11(19)12(18)20)7-2-3-10(14)9(4-7)13(15,16)17/h2-6,19H,1H3. The number of hydrogen-bond acceptors (Lipinski definition) is 2. The Morgan fingerprint density at radius 2 is 1.85 bits per heavy atom. The van der Waals surface area contributed by atoms with Crippen LogP contribution in [0.2, 0.25) is 5.02 Å². The summed E-state index contributed by atoms with van der Waals surface area (Å²) in [5, 5.41) is 9.04. The number of pyridine rings is 1. The van der Waals surface area contributed by atoms with Gasteiger partial charge in [-0.05, 0) is 23.8 Å². The Labute approximate surface area is 116 Å². The maximum atomic E-state index is 12.8. The molecule has 7 heteroatoms. The van der Waals surface area contributed by atoms with Crippen molar-refractivity contribution in [3.05, 3.63) is 51.4 Å². The van der Waals surface area contributed by atoms with E-state index in [1.165, 1.54) is 19.3 Å². The minimum absolute atomic E-state index is 0.202. The van der Waals surface area contributed by atoms with E-state index in [1.807, 2.05) is 0 Å². The third-order valence-corrected chi connectivity index (χ3v) is 3.10. The highest BCUT2D eigenvalue weighted by molar-refractivity contribution is 6.31. The van der Waals surface area contributed by atoms with Crippen LogP contribution in [0, 0.1) is 0 Å². The van der Waals surface area contributed by atoms with E-state index in [9.17, 15) is 23.1 Å². The highest BCUT2D eigenvalue weighted by atomic mass is 35.5. The normalized spacial score (nSPS) is 11.7. The van der Waals surface area contributed by atoms with Gasteiger partial charge < -0.3 is 9.67 Å². The molecule has 0 spiro atoms. The Balaban J connectivity index is 2.63. The monoisotopic (exact) mass is 303 g/mol. The lowest BCUT2D eigenvalue weighted by atomic mass is 10.0. The third-order valence-electron chi connectivity index (χ3n) is 2.77. The minimum atomic E-state index is -4.57. The average Bonchev–Trinajstić information content (AvgIpc) is 2.34. The van der Waals surface area contributed by atoms with Crippen LogP contribution in [0.4, 0.5) is 13.2 Å². The first kappa shape index (κ1) is 14.5. The molecule has 106 valence electrons. The number of aromatic hydroxyl groups is 1. The van der Waals surface area contributed by atoms with E-state index in [-0.39, 0.29) is 11.1 Å². The van der Waals surface area contributed by atoms with Gasteiger partial charge in [0.25, 0.3) is 5.56 Å². The van der Waals surface area contributed by atoms with Crippen molar-refractivity contribution in [2.75, 3.05) is 0 Å². The average molecular weight is 304 g/mol. The van der Waals surface area contributed by atoms with Crippen molar-refractivity contribution in [2.24, 2.45) is 7.05 Å². The number of halogens is 4. The van der Waals surface area contributed by atoms with Gasteiger partial charge in [-0.3, -0.25) is 4.79 Å². The Morgan fingerprint density at radius 1 is 1.20 bits per heavy atom. The highest BCUT2D eigenvalue weighted by Gasteiger charge is 2.33. The molecule has 1 N–H and O–H groups in total. The van der Waals surface area contributed by atoms with Crippen LogP contribution in [-0.2, 0) is 13.2 Å². The van der Waals surface area contributed by atoms with Crippen molar-refractivity contribution in [3.63, 3.8) is 0 Å². The fourth-order valence-electron chi connectivity index (χ4n) is 1.77. The number of alkyl halides is 3. The third kappa shape index (κ3) is 2.65. The van der Waals surface area contributed by atoms with Gasteiger partial charge in [0.05, 0.1) is 10.6 Å². The summed E-state index contributed by atoms with van der Waals surface area (Å²) in [6, 6.07) is 4.51. The molecule has 0 unspecified atom stereocenters. The van der Waals surface area contributed by atoms with Crippen LogP contribution >= 0.6 is 11.6 Å². The maximum Gasteiger partial charge on any atom is 0.417 e. The predicted molar refractivity (Wildman–Crippen MR) is 68.8 cm³/mol. The summed E-state index contributed by atoms with van der Waals surface area (Å²) in [5.41, 5.74) is -1.11. The summed E-state index contributed by atoms with van der Waals surface area (Å²) in [6.45, 7) is 0. The summed E-state index contributed by atoms with van der Waals surface area (Å²) in [5.74, 6) is -0.534. The van der Waals surface area contributed by atoms with E-state index in [0.717, 1.165) is 22.8 Å². The van der Waals surface area contributed by atoms with Crippen LogP contribution < -0.4 is 5.56 Å². The zero-order chi connectivity index (χ0) is 15.1. The molecule has 2 aromatic rings. The fourth-order valence-corrected chi connectivity index (χ4v) is 2.00. The topological polar surface area (TPSA) is 42.2 Å². The second-order valence-corrected chi connectivity index (χ2v) is 4.63. The summed E-state index contributed by atoms with van der Waals surface area (Å²) in [7, 11) is 1.39. The Hall–Kier alpha value is -1.95. The molecule has 1 heterocycles. The SMILES string of the molecule is Cn1cc(-c2ccc(Cl)c(C(F)(F)F)c2)cc(O)c1=O. The molecule has 0 aliphatic carbocycles. The lowest BCUT2D eigenvalue weighted by Gasteiger charge is -2.11. The number of hydrogen-bond donors (Lipinski definition) is 1. The van der Waals surface area contributed by atoms with E-state index in [4.69, 9.17) is 11.6 Å². The van der Waals surface area contributed by atoms with Gasteiger partial charge in [-0.25, -0.2) is 0 Å². The van der Waals surface area contributed by atoms with Crippen molar-refractivity contribution >= 4 is 11.6 Å². The summed E-state index contributed by atoms with van der Waals surface area (Å²) >= 11 is 5.53. The first-order valence-corrected chi connectivity index (χ1v) is 5.84. The van der Waals surface area contributed by atoms with Gasteiger partial charge in [0.15, 0.2) is 5.75 Å². The molecule has 1 aromatic carbocycles. The zero-order valence-corrected chi connectivity index (χ0v) is 11.0. The van der Waals surface area contributed by atoms with Crippen LogP contribution in [0.25, 0.3) is 11.1 Å². The van der Waals surface area contributed by atoms with Gasteiger partial charge >= 0.3 is 6.18 Å². The van der Waals surface area contributed by atoms with Crippen LogP contribution in [-0.4, -0.2) is 9.67 Å². The minimum Gasteiger partial charge on any atom is -0.503 e. The fraction of sp³-hybridized carbons (Fsp3) is 0.154. The molecule has 0 radical (unpaired) electrons. The van der Waals surface area contributed by atoms with E-state index in [1.54, 1.807) is 0 Å². The molecule has 0 bridgehead atoms. The lowest BCUT2D eigenvalue weighted by molar-refractivity contribution is -0.137. The molecule has 1 aromatic heterocycles. The Bertz CT molecular complexity index is 696. The van der Waals surface area contributed by atoms with Crippen molar-refractivity contribution in [1.29, 1.82) is 0 Å². The molecule has 0 atom stereocenters. The first-order chi connectivity index (χ1) is 9.20. The predicted octanol–water partition coefficient (Wildman–Crippen LogP) is 3.43. The Kier molecular flexibility index (Phi) is 3.52. The van der Waals surface area contributed by atoms with Crippen LogP contribution in [0.1, 0.15) is 5.56 Å². The van der Waals surface area contributed by atoms with E-state index >= 15 is 0 Å². The van der Waals surface area contributed by atoms with E-state index in [0.29, 0.717) is 0 Å². The lowest BCUT2D eigenvalue weighted by Crippen LogP contribution is -2.15. The molecule has 0 fully saturated rings. The molecule has 20 heavy (non-hydrogen) atoms. The number of benzene rings is 1. The first-order valence-electron chi connectivity index (χ1n) is 5.47. The van der Waals surface area contributed by atoms with Gasteiger partial charge in [0, 0.05) is 18.8 Å². The summed E-state index contributed by atoms with van der Waals surface area (Å²) < 4.78 is 39.4. The Morgan fingerprint density at radius 3 is 2.40 bits per heavy atom. The van der Waals surface area contributed by atoms with Crippen molar-refractivity contribution in [1.82, 2.24) is 4.57 Å². The van der Waals surface area contributed by atoms with Gasteiger partial charge in [-0.2, -0.15) is 13.2 Å². The van der Waals surface area contributed by atoms with Gasteiger partial charge in [-0.15, -0.1) is 0 Å². The molecule has 0 aliphatic rings. The van der Waals surface area contributed by atoms with Gasteiger partial charge in [0.2, 0.25) is 0 Å². The van der Waals surface area contributed by atoms with Crippen molar-refractivity contribution in [3.8, 4) is 16.9 Å². The van der Waals surface area contributed by atoms with Gasteiger partial charge in [-0.1, -0.05) is 17.7 Å². The van der Waals surface area contributed by atoms with E-state index in [2.05, 4.69) is 0 Å². The quantitative estimate of drug-likeness (QED) is 0.877. The largest absolute Gasteiger partial charge is 0.503 e. The molecular formula is C13H9ClF3NO2. The second kappa shape index (κ2) is 4.86. The zero-order valence-electron chi connectivity index (χ0n) is 10.2. The maximum absolute atomic E-state index is 12.8. The number of aromatic nitrogens is 1. The smallest absolute Gasteiger partial charge is 0.417 e. The van der Waals surface area contributed by atoms with Crippen molar-refractivity contribution in [2.45, 2.75) is 6.18 Å². The summed E-state index contributed by atoms with van der Waals surface area (Å²) in [6.07, 6.45) is -3.23. The molecule has 2 rings (SSSR count). The molecule has 0 saturated heterocycles. The van der Waals surface area contributed by atoms with Crippen LogP contribution in [0.5, 0.6) is 5.75 Å². The number of nitrogens with zero attached hydrogens (tertiary/aromatic N) is 1. The summed E-state index contributed by atoms with van der Waals surface area (Å²) in [4.78, 5) is 11.3.